The number of nitrogens with zero attached hydrogens (tertiary/aromatic N) is 4. The Bertz CT molecular complexity index is 1210. The lowest BCUT2D eigenvalue weighted by atomic mass is 10.1. The molecule has 1 fully saturated rings. The average Bonchev–Trinajstić information content (AvgIpc) is 3.54. The smallest absolute Gasteiger partial charge is 0.232 e. The number of benzene rings is 2. The zero-order chi connectivity index (χ0) is 21.4. The summed E-state index contributed by atoms with van der Waals surface area (Å²) in [6.07, 6.45) is 1.32. The Morgan fingerprint density at radius 3 is 2.52 bits per heavy atom. The van der Waals surface area contributed by atoms with E-state index >= 15 is 0 Å². The fraction of sp³-hybridized carbons (Fsp3) is 0.250. The number of carbonyl (C=O) groups is 1. The molecule has 1 saturated heterocycles. The highest BCUT2D eigenvalue weighted by Crippen LogP contribution is 2.32. The van der Waals surface area contributed by atoms with E-state index in [-0.39, 0.29) is 11.8 Å². The fourth-order valence-electron chi connectivity index (χ4n) is 3.76. The van der Waals surface area contributed by atoms with E-state index in [0.29, 0.717) is 24.7 Å². The Morgan fingerprint density at radius 2 is 1.81 bits per heavy atom. The summed E-state index contributed by atoms with van der Waals surface area (Å²) in [5.41, 5.74) is 5.01. The van der Waals surface area contributed by atoms with Crippen molar-refractivity contribution in [2.45, 2.75) is 32.6 Å². The molecule has 0 radical (unpaired) electrons. The maximum absolute atomic E-state index is 12.5. The van der Waals surface area contributed by atoms with Crippen LogP contribution in [-0.2, 0) is 11.2 Å². The van der Waals surface area contributed by atoms with E-state index in [1.165, 1.54) is 5.56 Å². The highest BCUT2D eigenvalue weighted by atomic mass is 32.1. The van der Waals surface area contributed by atoms with E-state index in [4.69, 9.17) is 4.52 Å². The van der Waals surface area contributed by atoms with Crippen LogP contribution in [0.5, 0.6) is 0 Å². The van der Waals surface area contributed by atoms with Crippen molar-refractivity contribution in [3.63, 3.8) is 0 Å². The predicted octanol–water partition coefficient (Wildman–Crippen LogP) is 5.25. The number of hydrogen-bond donors (Lipinski definition) is 0. The number of thiazole rings is 1. The van der Waals surface area contributed by atoms with Gasteiger partial charge in [0.2, 0.25) is 17.6 Å². The lowest BCUT2D eigenvalue weighted by Crippen LogP contribution is -2.24. The largest absolute Gasteiger partial charge is 0.339 e. The molecule has 1 atom stereocenters. The number of amides is 1. The number of carbonyl (C=O) groups excluding carboxylic acids is 1. The number of aryl methyl sites for hydroxylation is 2. The Balaban J connectivity index is 1.32. The molecule has 4 aromatic rings. The molecule has 5 rings (SSSR count). The molecule has 0 spiro atoms. The van der Waals surface area contributed by atoms with Gasteiger partial charge in [0.05, 0.1) is 16.6 Å². The topological polar surface area (TPSA) is 72.1 Å². The second-order valence-electron chi connectivity index (χ2n) is 7.75. The molecular formula is C24H22N4O2S. The minimum Gasteiger partial charge on any atom is -0.339 e. The Hall–Kier alpha value is -3.32. The van der Waals surface area contributed by atoms with Gasteiger partial charge < -0.3 is 9.42 Å². The van der Waals surface area contributed by atoms with Crippen LogP contribution in [0.25, 0.3) is 22.6 Å². The van der Waals surface area contributed by atoms with Crippen LogP contribution in [-0.4, -0.2) is 27.6 Å². The standard InChI is InChI=1S/C24H22N4O2S/c1-3-21-25-20(14-31-21)16-6-8-17(9-7-16)23-26-24(30-27-23)18-12-22(29)28(13-18)19-10-4-15(2)5-11-19/h4-11,14,18H,3,12-13H2,1-2H3. The first-order chi connectivity index (χ1) is 15.1. The first-order valence-corrected chi connectivity index (χ1v) is 11.2. The molecule has 1 aliphatic heterocycles. The lowest BCUT2D eigenvalue weighted by Gasteiger charge is -2.16. The molecule has 31 heavy (non-hydrogen) atoms. The van der Waals surface area contributed by atoms with Crippen molar-refractivity contribution in [1.29, 1.82) is 0 Å². The summed E-state index contributed by atoms with van der Waals surface area (Å²) >= 11 is 1.68. The van der Waals surface area contributed by atoms with E-state index in [0.717, 1.165) is 33.9 Å². The molecule has 1 unspecified atom stereocenters. The molecule has 3 heterocycles. The summed E-state index contributed by atoms with van der Waals surface area (Å²) in [7, 11) is 0. The summed E-state index contributed by atoms with van der Waals surface area (Å²) in [5, 5.41) is 7.37. The van der Waals surface area contributed by atoms with Gasteiger partial charge in [-0.2, -0.15) is 4.98 Å². The average molecular weight is 431 g/mol. The van der Waals surface area contributed by atoms with Crippen LogP contribution >= 0.6 is 11.3 Å². The quantitative estimate of drug-likeness (QED) is 0.432. The molecule has 2 aromatic carbocycles. The van der Waals surface area contributed by atoms with Gasteiger partial charge in [-0.15, -0.1) is 11.3 Å². The van der Waals surface area contributed by atoms with Crippen molar-refractivity contribution in [2.24, 2.45) is 0 Å². The minimum atomic E-state index is -0.100. The van der Waals surface area contributed by atoms with Crippen LogP contribution < -0.4 is 4.90 Å². The van der Waals surface area contributed by atoms with Crippen LogP contribution in [0, 0.1) is 6.92 Å². The molecule has 0 N–H and O–H groups in total. The van der Waals surface area contributed by atoms with Gasteiger partial charge >= 0.3 is 0 Å². The molecule has 7 heteroatoms. The van der Waals surface area contributed by atoms with Crippen LogP contribution in [0.4, 0.5) is 5.69 Å². The molecule has 156 valence electrons. The molecule has 0 bridgehead atoms. The maximum Gasteiger partial charge on any atom is 0.232 e. The predicted molar refractivity (Wildman–Crippen MR) is 121 cm³/mol. The zero-order valence-electron chi connectivity index (χ0n) is 17.4. The van der Waals surface area contributed by atoms with Crippen molar-refractivity contribution >= 4 is 22.9 Å². The Labute approximate surface area is 184 Å². The summed E-state index contributed by atoms with van der Waals surface area (Å²) in [6.45, 7) is 4.69. The third kappa shape index (κ3) is 3.88. The van der Waals surface area contributed by atoms with E-state index in [2.05, 4.69) is 27.4 Å². The third-order valence-electron chi connectivity index (χ3n) is 5.55. The maximum atomic E-state index is 12.5. The SMILES string of the molecule is CCc1nc(-c2ccc(-c3noc(C4CC(=O)N(c5ccc(C)cc5)C4)n3)cc2)cs1. The van der Waals surface area contributed by atoms with Crippen molar-refractivity contribution in [3.05, 3.63) is 70.4 Å². The molecule has 0 aliphatic carbocycles. The number of hydrogen-bond acceptors (Lipinski definition) is 6. The van der Waals surface area contributed by atoms with Gasteiger partial charge in [0.1, 0.15) is 0 Å². The Morgan fingerprint density at radius 1 is 1.06 bits per heavy atom. The molecule has 2 aromatic heterocycles. The molecular weight excluding hydrogens is 408 g/mol. The van der Waals surface area contributed by atoms with Crippen LogP contribution in [0.3, 0.4) is 0 Å². The zero-order valence-corrected chi connectivity index (χ0v) is 18.2. The summed E-state index contributed by atoms with van der Waals surface area (Å²) < 4.78 is 5.54. The summed E-state index contributed by atoms with van der Waals surface area (Å²) in [4.78, 5) is 23.6. The van der Waals surface area contributed by atoms with Gasteiger partial charge in [0.25, 0.3) is 0 Å². The molecule has 6 nitrogen and oxygen atoms in total. The number of aromatic nitrogens is 3. The van der Waals surface area contributed by atoms with Crippen LogP contribution in [0.2, 0.25) is 0 Å². The highest BCUT2D eigenvalue weighted by molar-refractivity contribution is 7.09. The molecule has 0 saturated carbocycles. The van der Waals surface area contributed by atoms with E-state index < -0.39 is 0 Å². The molecule has 1 amide bonds. The van der Waals surface area contributed by atoms with Crippen molar-refractivity contribution in [1.82, 2.24) is 15.1 Å². The van der Waals surface area contributed by atoms with Gasteiger partial charge in [0, 0.05) is 35.2 Å². The third-order valence-corrected chi connectivity index (χ3v) is 6.55. The van der Waals surface area contributed by atoms with Gasteiger partial charge in [-0.25, -0.2) is 4.98 Å². The van der Waals surface area contributed by atoms with E-state index in [9.17, 15) is 4.79 Å². The fourth-order valence-corrected chi connectivity index (χ4v) is 4.52. The van der Waals surface area contributed by atoms with E-state index in [1.807, 2.05) is 55.5 Å². The number of anilines is 1. The van der Waals surface area contributed by atoms with Gasteiger partial charge in [-0.3, -0.25) is 4.79 Å². The second-order valence-corrected chi connectivity index (χ2v) is 8.70. The Kier molecular flexibility index (Phi) is 5.11. The van der Waals surface area contributed by atoms with Gasteiger partial charge in [-0.05, 0) is 25.5 Å². The highest BCUT2D eigenvalue weighted by Gasteiger charge is 2.35. The normalized spacial score (nSPS) is 16.3. The van der Waals surface area contributed by atoms with Gasteiger partial charge in [-0.1, -0.05) is 54.0 Å². The molecule has 1 aliphatic rings. The van der Waals surface area contributed by atoms with Crippen molar-refractivity contribution in [3.8, 4) is 22.6 Å². The summed E-state index contributed by atoms with van der Waals surface area (Å²) in [5.74, 6) is 1.02. The van der Waals surface area contributed by atoms with Crippen LogP contribution in [0.15, 0.2) is 58.4 Å². The first kappa shape index (κ1) is 19.6. The van der Waals surface area contributed by atoms with Gasteiger partial charge in [0.15, 0.2) is 0 Å². The van der Waals surface area contributed by atoms with Crippen molar-refractivity contribution in [2.75, 3.05) is 11.4 Å². The number of rotatable bonds is 5. The lowest BCUT2D eigenvalue weighted by molar-refractivity contribution is -0.117. The second kappa shape index (κ2) is 8.07. The van der Waals surface area contributed by atoms with E-state index in [1.54, 1.807) is 16.2 Å². The van der Waals surface area contributed by atoms with Crippen LogP contribution in [0.1, 0.15) is 35.7 Å². The monoisotopic (exact) mass is 430 g/mol. The van der Waals surface area contributed by atoms with Crippen molar-refractivity contribution < 1.29 is 9.32 Å². The summed E-state index contributed by atoms with van der Waals surface area (Å²) in [6, 6.07) is 16.0. The minimum absolute atomic E-state index is 0.0765. The first-order valence-electron chi connectivity index (χ1n) is 10.4.